The number of nitrogens with one attached hydrogen (secondary N) is 2. The highest BCUT2D eigenvalue weighted by Gasteiger charge is 2.38. The monoisotopic (exact) mass is 526 g/mol. The van der Waals surface area contributed by atoms with Crippen molar-refractivity contribution in [2.24, 2.45) is 0 Å². The number of rotatable bonds is 9. The number of ether oxygens (including phenoxy) is 1. The maximum Gasteiger partial charge on any atom is 0.434 e. The molecule has 0 unspecified atom stereocenters. The van der Waals surface area contributed by atoms with Crippen LogP contribution in [0.1, 0.15) is 4.88 Å². The van der Waals surface area contributed by atoms with E-state index >= 15 is 0 Å². The second-order valence-corrected chi connectivity index (χ2v) is 10.6. The number of thioether (sulfide) groups is 1. The first-order valence-electron chi connectivity index (χ1n) is 8.69. The molecule has 13 heteroatoms. The smallest absolute Gasteiger partial charge is 0.434 e. The first-order valence-corrected chi connectivity index (χ1v) is 13.2. The molecule has 174 valence electrons. The lowest BCUT2D eigenvalue weighted by molar-refractivity contribution is -0.140. The zero-order valence-electron chi connectivity index (χ0n) is 16.7. The van der Waals surface area contributed by atoms with Crippen LogP contribution in [0.2, 0.25) is 0 Å². The van der Waals surface area contributed by atoms with Crippen molar-refractivity contribution in [1.29, 1.82) is 5.41 Å². The van der Waals surface area contributed by atoms with E-state index in [0.717, 1.165) is 17.6 Å². The van der Waals surface area contributed by atoms with Gasteiger partial charge in [-0.05, 0) is 36.1 Å². The van der Waals surface area contributed by atoms with Gasteiger partial charge in [0.25, 0.3) is 0 Å². The fourth-order valence-corrected chi connectivity index (χ4v) is 4.64. The molecular weight excluding hydrogens is 509 g/mol. The molecule has 2 rings (SSSR count). The number of allylic oxidation sites excluding steroid dienone is 1. The summed E-state index contributed by atoms with van der Waals surface area (Å²) in [5.74, 6) is -0.636. The van der Waals surface area contributed by atoms with Crippen molar-refractivity contribution >= 4 is 61.9 Å². The van der Waals surface area contributed by atoms with E-state index in [1.165, 1.54) is 30.0 Å². The van der Waals surface area contributed by atoms with Crippen molar-refractivity contribution < 1.29 is 31.1 Å². The largest absolute Gasteiger partial charge is 0.453 e. The Hall–Kier alpha value is -2.02. The molecule has 0 fully saturated rings. The van der Waals surface area contributed by atoms with Crippen LogP contribution in [0, 0.1) is 5.41 Å². The average Bonchev–Trinajstić information content (AvgIpc) is 3.20. The maximum atomic E-state index is 13.0. The van der Waals surface area contributed by atoms with Gasteiger partial charge >= 0.3 is 12.1 Å². The minimum absolute atomic E-state index is 0.0749. The first kappa shape index (κ1) is 26.2. The summed E-state index contributed by atoms with van der Waals surface area (Å²) in [5.41, 5.74) is -1.50. The molecular formula is C19H18ClF3N2O4S3. The lowest BCUT2D eigenvalue weighted by Gasteiger charge is -2.14. The number of carbonyl (C=O) groups is 1. The Morgan fingerprint density at radius 2 is 1.97 bits per heavy atom. The molecule has 0 radical (unpaired) electrons. The molecule has 1 heterocycles. The summed E-state index contributed by atoms with van der Waals surface area (Å²) in [6, 6.07) is 9.13. The van der Waals surface area contributed by atoms with Crippen molar-refractivity contribution in [3.05, 3.63) is 46.3 Å². The third-order valence-corrected chi connectivity index (χ3v) is 6.86. The SMILES string of the molecule is CSCOC(=O)CN/C(=C(/Cl)C(=N)C(F)(F)F)c1ccc(-c2cccc(S(C)(=O)=O)c2)s1. The number of thiophene rings is 1. The van der Waals surface area contributed by atoms with E-state index in [1.807, 2.05) is 0 Å². The molecule has 0 saturated heterocycles. The summed E-state index contributed by atoms with van der Waals surface area (Å²) in [6.07, 6.45) is -2.22. The minimum atomic E-state index is -4.99. The highest BCUT2D eigenvalue weighted by Crippen LogP contribution is 2.35. The summed E-state index contributed by atoms with van der Waals surface area (Å²) < 4.78 is 67.6. The summed E-state index contributed by atoms with van der Waals surface area (Å²) in [6.45, 7) is -0.464. The second-order valence-electron chi connectivity index (χ2n) is 6.30. The molecule has 0 saturated carbocycles. The predicted octanol–water partition coefficient (Wildman–Crippen LogP) is 4.76. The Morgan fingerprint density at radius 1 is 1.28 bits per heavy atom. The first-order chi connectivity index (χ1) is 14.8. The predicted molar refractivity (Wildman–Crippen MR) is 122 cm³/mol. The molecule has 32 heavy (non-hydrogen) atoms. The third-order valence-electron chi connectivity index (χ3n) is 3.87. The normalized spacial score (nSPS) is 12.8. The molecule has 0 aliphatic heterocycles. The van der Waals surface area contributed by atoms with Gasteiger partial charge in [0.05, 0.1) is 20.5 Å². The van der Waals surface area contributed by atoms with E-state index in [-0.39, 0.29) is 21.4 Å². The number of sulfone groups is 1. The van der Waals surface area contributed by atoms with Crippen molar-refractivity contribution in [3.8, 4) is 10.4 Å². The van der Waals surface area contributed by atoms with Crippen molar-refractivity contribution in [2.45, 2.75) is 11.1 Å². The van der Waals surface area contributed by atoms with Crippen molar-refractivity contribution in [3.63, 3.8) is 0 Å². The Bertz CT molecular complexity index is 1140. The van der Waals surface area contributed by atoms with Gasteiger partial charge in [0.15, 0.2) is 15.5 Å². The van der Waals surface area contributed by atoms with Gasteiger partial charge in [0, 0.05) is 11.1 Å². The molecule has 0 aliphatic rings. The van der Waals surface area contributed by atoms with Gasteiger partial charge in [-0.2, -0.15) is 13.2 Å². The molecule has 2 N–H and O–H groups in total. The number of hydrogen-bond acceptors (Lipinski definition) is 8. The number of benzene rings is 1. The van der Waals surface area contributed by atoms with Crippen molar-refractivity contribution in [1.82, 2.24) is 5.32 Å². The highest BCUT2D eigenvalue weighted by molar-refractivity contribution is 7.98. The van der Waals surface area contributed by atoms with Gasteiger partial charge in [-0.25, -0.2) is 8.42 Å². The summed E-state index contributed by atoms with van der Waals surface area (Å²) >= 11 is 8.15. The van der Waals surface area contributed by atoms with Crippen molar-refractivity contribution in [2.75, 3.05) is 25.0 Å². The molecule has 0 atom stereocenters. The van der Waals surface area contributed by atoms with Gasteiger partial charge in [0.2, 0.25) is 0 Å². The molecule has 0 amide bonds. The van der Waals surface area contributed by atoms with Crippen LogP contribution < -0.4 is 5.32 Å². The Balaban J connectivity index is 2.44. The van der Waals surface area contributed by atoms with E-state index in [0.29, 0.717) is 10.4 Å². The standard InChI is InChI=1S/C19H18ClF3N2O4S3/c1-30-10-29-15(26)9-25-17(16(20)18(24)19(21,22)23)14-7-6-13(31-14)11-4-3-5-12(8-11)32(2,27)28/h3-8,24-25H,9-10H2,1-2H3/b17-16+,24-18?. The molecule has 0 bridgehead atoms. The second kappa shape index (κ2) is 10.7. The minimum Gasteiger partial charge on any atom is -0.453 e. The zero-order valence-corrected chi connectivity index (χ0v) is 20.0. The summed E-state index contributed by atoms with van der Waals surface area (Å²) in [7, 11) is -3.45. The van der Waals surface area contributed by atoms with Crippen LogP contribution in [0.3, 0.4) is 0 Å². The Kier molecular flexibility index (Phi) is 8.80. The maximum absolute atomic E-state index is 13.0. The van der Waals surface area contributed by atoms with Crippen LogP contribution in [0.4, 0.5) is 13.2 Å². The van der Waals surface area contributed by atoms with Gasteiger partial charge in [-0.1, -0.05) is 23.7 Å². The van der Waals surface area contributed by atoms with Crippen LogP contribution in [0.5, 0.6) is 0 Å². The van der Waals surface area contributed by atoms with Crippen LogP contribution in [-0.4, -0.2) is 51.3 Å². The van der Waals surface area contributed by atoms with Crippen LogP contribution in [-0.2, 0) is 19.4 Å². The van der Waals surface area contributed by atoms with E-state index in [9.17, 15) is 26.4 Å². The topological polar surface area (TPSA) is 96.3 Å². The molecule has 0 aliphatic carbocycles. The van der Waals surface area contributed by atoms with Gasteiger partial charge in [-0.3, -0.25) is 10.2 Å². The van der Waals surface area contributed by atoms with E-state index in [2.05, 4.69) is 5.32 Å². The van der Waals surface area contributed by atoms with E-state index in [1.54, 1.807) is 24.5 Å². The van der Waals surface area contributed by atoms with E-state index in [4.69, 9.17) is 21.7 Å². The fraction of sp³-hybridized carbons (Fsp3) is 0.263. The molecule has 6 nitrogen and oxygen atoms in total. The van der Waals surface area contributed by atoms with Gasteiger partial charge < -0.3 is 10.1 Å². The number of halogens is 4. The summed E-state index contributed by atoms with van der Waals surface area (Å²) in [4.78, 5) is 12.7. The van der Waals surface area contributed by atoms with Crippen LogP contribution in [0.25, 0.3) is 16.1 Å². The lowest BCUT2D eigenvalue weighted by Crippen LogP contribution is -2.28. The van der Waals surface area contributed by atoms with E-state index < -0.39 is 39.3 Å². The molecule has 2 aromatic rings. The molecule has 1 aromatic heterocycles. The highest BCUT2D eigenvalue weighted by atomic mass is 35.5. The van der Waals surface area contributed by atoms with Crippen LogP contribution >= 0.6 is 34.7 Å². The van der Waals surface area contributed by atoms with Gasteiger partial charge in [-0.15, -0.1) is 23.1 Å². The average molecular weight is 527 g/mol. The van der Waals surface area contributed by atoms with Gasteiger partial charge in [0.1, 0.15) is 12.5 Å². The fourth-order valence-electron chi connectivity index (χ4n) is 2.37. The summed E-state index contributed by atoms with van der Waals surface area (Å²) in [5, 5.41) is 8.98. The third kappa shape index (κ3) is 6.99. The van der Waals surface area contributed by atoms with Crippen LogP contribution in [0.15, 0.2) is 46.3 Å². The quantitative estimate of drug-likeness (QED) is 0.278. The number of carbonyl (C=O) groups excluding carboxylic acids is 1. The molecule has 0 spiro atoms. The Morgan fingerprint density at radius 3 is 2.56 bits per heavy atom. The number of esters is 1. The number of hydrogen-bond donors (Lipinski definition) is 2. The lowest BCUT2D eigenvalue weighted by atomic mass is 10.2. The molecule has 1 aromatic carbocycles. The zero-order chi connectivity index (χ0) is 24.1. The number of alkyl halides is 3. The Labute approximate surface area is 196 Å².